The van der Waals surface area contributed by atoms with Crippen molar-refractivity contribution in [2.75, 3.05) is 5.73 Å². The minimum Gasteiger partial charge on any atom is -0.461 e. The highest BCUT2D eigenvalue weighted by molar-refractivity contribution is 5.85. The normalized spacial score (nSPS) is 16.2. The van der Waals surface area contributed by atoms with Gasteiger partial charge in [0.15, 0.2) is 28.6 Å². The Morgan fingerprint density at radius 1 is 1.29 bits per heavy atom. The van der Waals surface area contributed by atoms with Gasteiger partial charge in [0.25, 0.3) is 0 Å². The second-order valence-corrected chi connectivity index (χ2v) is 6.07. The Balaban J connectivity index is 1.80. The fourth-order valence-electron chi connectivity index (χ4n) is 3.02. The molecule has 24 heavy (non-hydrogen) atoms. The molecule has 3 aromatic heterocycles. The van der Waals surface area contributed by atoms with Gasteiger partial charge >= 0.3 is 0 Å². The summed E-state index contributed by atoms with van der Waals surface area (Å²) in [6, 6.07) is 3.62. The molecule has 0 atom stereocenters. The lowest BCUT2D eigenvalue weighted by molar-refractivity contribution is 0.110. The third kappa shape index (κ3) is 2.41. The van der Waals surface area contributed by atoms with Crippen LogP contribution in [0.5, 0.6) is 0 Å². The average Bonchev–Trinajstić information content (AvgIpc) is 3.28. The average molecular weight is 323 g/mol. The lowest BCUT2D eigenvalue weighted by Gasteiger charge is -2.12. The van der Waals surface area contributed by atoms with E-state index in [1.54, 1.807) is 16.9 Å². The van der Waals surface area contributed by atoms with E-state index in [0.29, 0.717) is 35.6 Å². The maximum atomic E-state index is 10.3. The number of hydrogen-bond acceptors (Lipinski definition) is 6. The summed E-state index contributed by atoms with van der Waals surface area (Å²) in [6.07, 6.45) is 4.93. The number of imidazole rings is 1. The van der Waals surface area contributed by atoms with Crippen LogP contribution in [0.2, 0.25) is 0 Å². The van der Waals surface area contributed by atoms with Gasteiger partial charge in [-0.3, -0.25) is 0 Å². The van der Waals surface area contributed by atoms with Gasteiger partial charge in [0, 0.05) is 7.05 Å². The van der Waals surface area contributed by atoms with Crippen LogP contribution >= 0.6 is 0 Å². The molecule has 0 amide bonds. The summed E-state index contributed by atoms with van der Waals surface area (Å²) in [6.45, 7) is 0. The van der Waals surface area contributed by atoms with Crippen molar-refractivity contribution in [3.05, 3.63) is 24.2 Å². The standard InChI is InChI=1S/C17H17N5O2/c1-22-15(11-5-4-10-24-11)21-13-14(18)19-12(20-16(13)22)6-9-17(23)7-2-3-8-17/h4-5,10,23H,2-3,7-8H2,1H3,(H2,18,19,20). The zero-order valence-electron chi connectivity index (χ0n) is 13.3. The van der Waals surface area contributed by atoms with Gasteiger partial charge < -0.3 is 19.8 Å². The van der Waals surface area contributed by atoms with Crippen molar-refractivity contribution >= 4 is 17.0 Å². The Bertz CT molecular complexity index is 956. The van der Waals surface area contributed by atoms with E-state index in [1.165, 1.54) is 0 Å². The molecule has 0 spiro atoms. The predicted molar refractivity (Wildman–Crippen MR) is 88.7 cm³/mol. The number of nitrogen functional groups attached to an aromatic ring is 1. The lowest BCUT2D eigenvalue weighted by atomic mass is 10.0. The first-order valence-electron chi connectivity index (χ1n) is 7.85. The molecule has 1 fully saturated rings. The predicted octanol–water partition coefficient (Wildman–Crippen LogP) is 1.86. The SMILES string of the molecule is Cn1c(-c2ccco2)nc2c(N)nc(C#CC3(O)CCCC3)nc21. The zero-order chi connectivity index (χ0) is 16.7. The molecule has 3 heterocycles. The van der Waals surface area contributed by atoms with E-state index in [0.717, 1.165) is 12.8 Å². The zero-order valence-corrected chi connectivity index (χ0v) is 13.3. The van der Waals surface area contributed by atoms with Crippen molar-refractivity contribution in [2.24, 2.45) is 7.05 Å². The second kappa shape index (κ2) is 5.35. The summed E-state index contributed by atoms with van der Waals surface area (Å²) in [4.78, 5) is 13.1. The topological polar surface area (TPSA) is 103 Å². The first-order valence-corrected chi connectivity index (χ1v) is 7.85. The fraction of sp³-hybridized carbons (Fsp3) is 0.353. The largest absolute Gasteiger partial charge is 0.461 e. The molecule has 0 aromatic carbocycles. The van der Waals surface area contributed by atoms with Gasteiger partial charge in [-0.2, -0.15) is 0 Å². The quantitative estimate of drug-likeness (QED) is 0.663. The molecule has 0 radical (unpaired) electrons. The van der Waals surface area contributed by atoms with Crippen molar-refractivity contribution in [3.63, 3.8) is 0 Å². The highest BCUT2D eigenvalue weighted by Gasteiger charge is 2.28. The minimum atomic E-state index is -0.932. The van der Waals surface area contributed by atoms with Crippen LogP contribution in [0.15, 0.2) is 22.8 Å². The van der Waals surface area contributed by atoms with E-state index in [-0.39, 0.29) is 11.6 Å². The van der Waals surface area contributed by atoms with Gasteiger partial charge in [-0.1, -0.05) is 5.92 Å². The molecule has 7 nitrogen and oxygen atoms in total. The van der Waals surface area contributed by atoms with Gasteiger partial charge in [-0.15, -0.1) is 0 Å². The first-order chi connectivity index (χ1) is 11.6. The molecule has 1 aliphatic carbocycles. The molecule has 0 unspecified atom stereocenters. The van der Waals surface area contributed by atoms with Gasteiger partial charge in [0.1, 0.15) is 5.60 Å². The first kappa shape index (κ1) is 14.7. The molecule has 3 aromatic rings. The van der Waals surface area contributed by atoms with Crippen molar-refractivity contribution in [1.82, 2.24) is 19.5 Å². The highest BCUT2D eigenvalue weighted by atomic mass is 16.3. The molecule has 4 rings (SSSR count). The molecule has 0 bridgehead atoms. The number of nitrogens with two attached hydrogens (primary N) is 1. The number of anilines is 1. The highest BCUT2D eigenvalue weighted by Crippen LogP contribution is 2.29. The van der Waals surface area contributed by atoms with Crippen LogP contribution in [0.4, 0.5) is 5.82 Å². The van der Waals surface area contributed by atoms with Gasteiger partial charge in [-0.05, 0) is 43.7 Å². The maximum Gasteiger partial charge on any atom is 0.209 e. The Labute approximate surface area is 138 Å². The number of aliphatic hydroxyl groups is 1. The maximum absolute atomic E-state index is 10.3. The van der Waals surface area contributed by atoms with Crippen LogP contribution in [-0.2, 0) is 7.05 Å². The third-order valence-corrected chi connectivity index (χ3v) is 4.32. The molecule has 1 saturated carbocycles. The molecule has 122 valence electrons. The number of hydrogen-bond donors (Lipinski definition) is 2. The Hall–Kier alpha value is -2.85. The van der Waals surface area contributed by atoms with Gasteiger partial charge in [0.05, 0.1) is 6.26 Å². The summed E-state index contributed by atoms with van der Waals surface area (Å²) in [7, 11) is 1.83. The van der Waals surface area contributed by atoms with E-state index < -0.39 is 5.60 Å². The Morgan fingerprint density at radius 3 is 2.79 bits per heavy atom. The number of aryl methyl sites for hydroxylation is 1. The van der Waals surface area contributed by atoms with Crippen LogP contribution in [-0.4, -0.2) is 30.2 Å². The van der Waals surface area contributed by atoms with E-state index >= 15 is 0 Å². The van der Waals surface area contributed by atoms with E-state index in [2.05, 4.69) is 26.8 Å². The number of aromatic nitrogens is 4. The van der Waals surface area contributed by atoms with E-state index in [9.17, 15) is 5.11 Å². The van der Waals surface area contributed by atoms with Crippen molar-refractivity contribution in [1.29, 1.82) is 0 Å². The second-order valence-electron chi connectivity index (χ2n) is 6.07. The van der Waals surface area contributed by atoms with Crippen molar-refractivity contribution in [3.8, 4) is 23.4 Å². The third-order valence-electron chi connectivity index (χ3n) is 4.32. The van der Waals surface area contributed by atoms with E-state index in [1.807, 2.05) is 13.1 Å². The summed E-state index contributed by atoms with van der Waals surface area (Å²) >= 11 is 0. The van der Waals surface area contributed by atoms with E-state index in [4.69, 9.17) is 10.2 Å². The van der Waals surface area contributed by atoms with Crippen LogP contribution in [0.3, 0.4) is 0 Å². The fourth-order valence-corrected chi connectivity index (χ4v) is 3.02. The molecule has 0 saturated heterocycles. The summed E-state index contributed by atoms with van der Waals surface area (Å²) in [5.41, 5.74) is 6.18. The minimum absolute atomic E-state index is 0.260. The smallest absolute Gasteiger partial charge is 0.209 e. The molecule has 3 N–H and O–H groups in total. The van der Waals surface area contributed by atoms with Crippen molar-refractivity contribution < 1.29 is 9.52 Å². The number of rotatable bonds is 1. The Morgan fingerprint density at radius 2 is 2.08 bits per heavy atom. The molecular weight excluding hydrogens is 306 g/mol. The van der Waals surface area contributed by atoms with Crippen LogP contribution in [0.25, 0.3) is 22.7 Å². The van der Waals surface area contributed by atoms with Crippen LogP contribution < -0.4 is 5.73 Å². The van der Waals surface area contributed by atoms with Crippen molar-refractivity contribution in [2.45, 2.75) is 31.3 Å². The molecule has 0 aliphatic heterocycles. The van der Waals surface area contributed by atoms with Gasteiger partial charge in [0.2, 0.25) is 5.82 Å². The number of fused-ring (bicyclic) bond motifs is 1. The molecule has 7 heteroatoms. The summed E-state index contributed by atoms with van der Waals surface area (Å²) < 4.78 is 7.19. The van der Waals surface area contributed by atoms with Crippen LogP contribution in [0.1, 0.15) is 31.5 Å². The van der Waals surface area contributed by atoms with Gasteiger partial charge in [-0.25, -0.2) is 15.0 Å². The molecule has 1 aliphatic rings. The monoisotopic (exact) mass is 323 g/mol. The summed E-state index contributed by atoms with van der Waals surface area (Å²) in [5.74, 6) is 7.56. The number of nitrogens with zero attached hydrogens (tertiary/aromatic N) is 4. The lowest BCUT2D eigenvalue weighted by Crippen LogP contribution is -2.20. The summed E-state index contributed by atoms with van der Waals surface area (Å²) in [5, 5.41) is 10.3. The van der Waals surface area contributed by atoms with Crippen LogP contribution in [0, 0.1) is 11.8 Å². The Kier molecular flexibility index (Phi) is 3.28. The number of furan rings is 1. The molecular formula is C17H17N5O2.